The highest BCUT2D eigenvalue weighted by molar-refractivity contribution is 5.87. The highest BCUT2D eigenvalue weighted by atomic mass is 16.5. The highest BCUT2D eigenvalue weighted by Gasteiger charge is 2.05. The third-order valence-corrected chi connectivity index (χ3v) is 5.90. The van der Waals surface area contributed by atoms with Gasteiger partial charge >= 0.3 is 11.9 Å². The van der Waals surface area contributed by atoms with E-state index in [9.17, 15) is 14.7 Å². The average molecular weight is 551 g/mol. The molecule has 0 aliphatic carbocycles. The average Bonchev–Trinajstić information content (AvgIpc) is 2.93. The lowest BCUT2D eigenvalue weighted by molar-refractivity contribution is -0.141. The second-order valence-corrected chi connectivity index (χ2v) is 9.46. The number of aliphatic carboxylic acids is 1. The van der Waals surface area contributed by atoms with E-state index >= 15 is 0 Å². The number of esters is 1. The number of phenols is 1. The Morgan fingerprint density at radius 2 is 1.51 bits per heavy atom. The van der Waals surface area contributed by atoms with E-state index in [-0.39, 0.29) is 12.4 Å². The summed E-state index contributed by atoms with van der Waals surface area (Å²) in [5, 5.41) is 35.4. The number of unbranched alkanes of at least 4 members (excludes halogenated alkanes) is 11. The number of rotatable bonds is 21. The lowest BCUT2D eigenvalue weighted by Crippen LogP contribution is -2.21. The summed E-state index contributed by atoms with van der Waals surface area (Å²) in [4.78, 5) is 21.6. The molecule has 222 valence electrons. The van der Waals surface area contributed by atoms with Gasteiger partial charge < -0.3 is 29.9 Å². The van der Waals surface area contributed by atoms with E-state index in [1.807, 2.05) is 0 Å². The van der Waals surface area contributed by atoms with E-state index in [0.29, 0.717) is 17.7 Å². The Balaban J connectivity index is 0.000000741. The first-order chi connectivity index (χ1) is 18.8. The third kappa shape index (κ3) is 22.8. The maximum atomic E-state index is 11.3. The van der Waals surface area contributed by atoms with Crippen LogP contribution in [0, 0.1) is 0 Å². The number of aliphatic hydroxyl groups excluding tert-OH is 2. The van der Waals surface area contributed by atoms with Gasteiger partial charge in [-0.05, 0) is 55.9 Å². The molecule has 0 aromatic heterocycles. The van der Waals surface area contributed by atoms with Crippen molar-refractivity contribution < 1.29 is 39.5 Å². The number of ether oxygens (including phenoxy) is 2. The van der Waals surface area contributed by atoms with E-state index in [1.54, 1.807) is 12.1 Å². The number of carboxylic acids is 1. The molecule has 0 fully saturated rings. The van der Waals surface area contributed by atoms with Gasteiger partial charge in [0.25, 0.3) is 0 Å². The molecule has 0 spiro atoms. The molecule has 1 atom stereocenters. The van der Waals surface area contributed by atoms with E-state index in [1.165, 1.54) is 96.0 Å². The molecule has 1 unspecified atom stereocenters. The van der Waals surface area contributed by atoms with Gasteiger partial charge in [-0.25, -0.2) is 4.79 Å². The first-order valence-electron chi connectivity index (χ1n) is 14.2. The molecule has 0 saturated carbocycles. The molecule has 0 radical (unpaired) electrons. The molecule has 8 heteroatoms. The minimum absolute atomic E-state index is 0.00768. The van der Waals surface area contributed by atoms with Crippen LogP contribution in [-0.2, 0) is 14.3 Å². The zero-order valence-electron chi connectivity index (χ0n) is 23.9. The second kappa shape index (κ2) is 25.4. The molecule has 8 nitrogen and oxygen atoms in total. The molecule has 0 amide bonds. The highest BCUT2D eigenvalue weighted by Crippen LogP contribution is 2.26. The van der Waals surface area contributed by atoms with Crippen LogP contribution in [0.15, 0.2) is 36.4 Å². The standard InChI is InChI=1S/C18H34O2.C13H16O6/c1-2-3-4-5-6-7-8-9-10-11-12-13-14-15-16-17-18(19)20;1-18-12-6-9(2-4-11(12)16)3-5-13(17)19-8-10(15)7-14/h9-10H,2-8,11-17H2,1H3,(H,19,20);2-6,10,14-16H,7-8H2,1H3/b10-9-;. The number of benzene rings is 1. The fraction of sp³-hybridized carbons (Fsp3) is 0.613. The van der Waals surface area contributed by atoms with Gasteiger partial charge in [0.05, 0.1) is 13.7 Å². The topological polar surface area (TPSA) is 134 Å². The van der Waals surface area contributed by atoms with E-state index in [0.717, 1.165) is 12.8 Å². The monoisotopic (exact) mass is 550 g/mol. The lowest BCUT2D eigenvalue weighted by atomic mass is 10.1. The van der Waals surface area contributed by atoms with Crippen molar-refractivity contribution in [3.05, 3.63) is 42.0 Å². The molecule has 1 aromatic carbocycles. The summed E-state index contributed by atoms with van der Waals surface area (Å²) in [6, 6.07) is 4.60. The van der Waals surface area contributed by atoms with Crippen molar-refractivity contribution >= 4 is 18.0 Å². The molecule has 39 heavy (non-hydrogen) atoms. The SMILES string of the molecule is CCCCCCCC/C=C\CCCCCCCC(=O)O.COc1cc(C=CC(=O)OCC(O)CO)ccc1O. The first-order valence-corrected chi connectivity index (χ1v) is 14.2. The van der Waals surface area contributed by atoms with Crippen molar-refractivity contribution in [3.8, 4) is 11.5 Å². The molecular weight excluding hydrogens is 500 g/mol. The van der Waals surface area contributed by atoms with Gasteiger partial charge in [0.1, 0.15) is 12.7 Å². The van der Waals surface area contributed by atoms with Gasteiger partial charge in [-0.1, -0.05) is 76.5 Å². The van der Waals surface area contributed by atoms with Crippen LogP contribution in [0.2, 0.25) is 0 Å². The summed E-state index contributed by atoms with van der Waals surface area (Å²) in [5.41, 5.74) is 0.648. The number of aliphatic hydroxyl groups is 2. The van der Waals surface area contributed by atoms with E-state index < -0.39 is 24.6 Å². The molecule has 0 heterocycles. The fourth-order valence-corrected chi connectivity index (χ4v) is 3.59. The van der Waals surface area contributed by atoms with Crippen molar-refractivity contribution in [3.63, 3.8) is 0 Å². The van der Waals surface area contributed by atoms with E-state index in [4.69, 9.17) is 20.1 Å². The van der Waals surface area contributed by atoms with Crippen LogP contribution in [-0.4, -0.2) is 58.8 Å². The maximum Gasteiger partial charge on any atom is 0.330 e. The minimum atomic E-state index is -1.08. The van der Waals surface area contributed by atoms with Gasteiger partial charge in [0, 0.05) is 12.5 Å². The largest absolute Gasteiger partial charge is 0.504 e. The Morgan fingerprint density at radius 1 is 0.923 bits per heavy atom. The number of methoxy groups -OCH3 is 1. The molecule has 0 bridgehead atoms. The number of hydrogen-bond donors (Lipinski definition) is 4. The number of allylic oxidation sites excluding steroid dienone is 2. The predicted octanol–water partition coefficient (Wildman–Crippen LogP) is 6.42. The summed E-state index contributed by atoms with van der Waals surface area (Å²) < 4.78 is 9.61. The van der Waals surface area contributed by atoms with Crippen LogP contribution in [0.5, 0.6) is 11.5 Å². The van der Waals surface area contributed by atoms with Crippen LogP contribution in [0.3, 0.4) is 0 Å². The Kier molecular flexibility index (Phi) is 23.6. The molecule has 4 N–H and O–H groups in total. The summed E-state index contributed by atoms with van der Waals surface area (Å²) in [6.07, 6.45) is 22.8. The van der Waals surface area contributed by atoms with Crippen molar-refractivity contribution in [1.29, 1.82) is 0 Å². The normalized spacial score (nSPS) is 11.8. The Bertz CT molecular complexity index is 819. The van der Waals surface area contributed by atoms with Crippen LogP contribution < -0.4 is 4.74 Å². The summed E-state index contributed by atoms with van der Waals surface area (Å²) in [5.74, 6) is -0.998. The van der Waals surface area contributed by atoms with Crippen LogP contribution >= 0.6 is 0 Å². The van der Waals surface area contributed by atoms with Gasteiger partial charge in [-0.2, -0.15) is 0 Å². The van der Waals surface area contributed by atoms with E-state index in [2.05, 4.69) is 23.8 Å². The van der Waals surface area contributed by atoms with Crippen LogP contribution in [0.4, 0.5) is 0 Å². The number of aromatic hydroxyl groups is 1. The van der Waals surface area contributed by atoms with Gasteiger partial charge in [0.15, 0.2) is 11.5 Å². The van der Waals surface area contributed by atoms with Crippen molar-refractivity contribution in [2.45, 2.75) is 103 Å². The smallest absolute Gasteiger partial charge is 0.330 e. The zero-order chi connectivity index (χ0) is 29.1. The number of carbonyl (C=O) groups is 2. The van der Waals surface area contributed by atoms with Crippen LogP contribution in [0.25, 0.3) is 6.08 Å². The van der Waals surface area contributed by atoms with Crippen LogP contribution in [0.1, 0.15) is 102 Å². The number of hydrogen-bond acceptors (Lipinski definition) is 7. The first kappa shape index (κ1) is 36.2. The molecular formula is C31H50O8. The third-order valence-electron chi connectivity index (χ3n) is 5.90. The maximum absolute atomic E-state index is 11.3. The fourth-order valence-electron chi connectivity index (χ4n) is 3.59. The Labute approximate surface area is 234 Å². The molecule has 0 aliphatic heterocycles. The summed E-state index contributed by atoms with van der Waals surface area (Å²) >= 11 is 0. The van der Waals surface area contributed by atoms with Gasteiger partial charge in [-0.15, -0.1) is 0 Å². The number of carboxylic acid groups (broad SMARTS) is 1. The summed E-state index contributed by atoms with van der Waals surface area (Å²) in [6.45, 7) is 1.53. The molecule has 0 aliphatic rings. The van der Waals surface area contributed by atoms with Gasteiger partial charge in [0.2, 0.25) is 0 Å². The van der Waals surface area contributed by atoms with Gasteiger partial charge in [-0.3, -0.25) is 4.79 Å². The quantitative estimate of drug-likeness (QED) is 0.0596. The second-order valence-electron chi connectivity index (χ2n) is 9.46. The number of phenolic OH excluding ortho intramolecular Hbond substituents is 1. The molecule has 1 aromatic rings. The van der Waals surface area contributed by atoms with Crippen molar-refractivity contribution in [2.24, 2.45) is 0 Å². The van der Waals surface area contributed by atoms with Crippen molar-refractivity contribution in [2.75, 3.05) is 20.3 Å². The minimum Gasteiger partial charge on any atom is -0.504 e. The predicted molar refractivity (Wildman–Crippen MR) is 155 cm³/mol. The Hall–Kier alpha value is -2.84. The molecule has 1 rings (SSSR count). The number of carbonyl (C=O) groups excluding carboxylic acids is 1. The molecule has 0 saturated heterocycles. The Morgan fingerprint density at radius 3 is 2.08 bits per heavy atom. The lowest BCUT2D eigenvalue weighted by Gasteiger charge is -2.06. The van der Waals surface area contributed by atoms with Crippen molar-refractivity contribution in [1.82, 2.24) is 0 Å². The summed E-state index contributed by atoms with van der Waals surface area (Å²) in [7, 11) is 1.42. The zero-order valence-corrected chi connectivity index (χ0v) is 23.9.